The Morgan fingerprint density at radius 2 is 2.40 bits per heavy atom. The molecule has 0 atom stereocenters. The van der Waals surface area contributed by atoms with Crippen LogP contribution < -0.4 is 5.32 Å². The summed E-state index contributed by atoms with van der Waals surface area (Å²) in [5.74, 6) is 2.64. The molecule has 2 heteroatoms. The number of hydrogen-bond donors (Lipinski definition) is 1. The monoisotopic (exact) mass is 138 g/mol. The number of nitrogens with zero attached hydrogens (tertiary/aromatic N) is 1. The molecule has 0 unspecified atom stereocenters. The summed E-state index contributed by atoms with van der Waals surface area (Å²) in [4.78, 5) is 2.32. The topological polar surface area (TPSA) is 15.3 Å². The van der Waals surface area contributed by atoms with E-state index in [0.29, 0.717) is 0 Å². The van der Waals surface area contributed by atoms with Gasteiger partial charge in [-0.05, 0) is 7.05 Å². The van der Waals surface area contributed by atoms with Gasteiger partial charge in [0.15, 0.2) is 0 Å². The first-order chi connectivity index (χ1) is 4.84. The fourth-order valence-electron chi connectivity index (χ4n) is 1.01. The van der Waals surface area contributed by atoms with Crippen molar-refractivity contribution in [3.05, 3.63) is 0 Å². The molecule has 56 valence electrons. The molecule has 2 nitrogen and oxygen atoms in total. The van der Waals surface area contributed by atoms with Crippen molar-refractivity contribution < 1.29 is 0 Å². The molecule has 0 saturated carbocycles. The van der Waals surface area contributed by atoms with Gasteiger partial charge in [0.05, 0.1) is 0 Å². The van der Waals surface area contributed by atoms with Crippen molar-refractivity contribution in [1.29, 1.82) is 0 Å². The van der Waals surface area contributed by atoms with E-state index in [1.165, 1.54) is 0 Å². The third kappa shape index (κ3) is 1.73. The maximum atomic E-state index is 5.14. The Kier molecular flexibility index (Phi) is 2.73. The largest absolute Gasteiger partial charge is 0.314 e. The standard InChI is InChI=1S/C8H14N2/c1-3-4-5-10(2)8-6-9-7-8/h1,8-9H,4-7H2,2H3. The van der Waals surface area contributed by atoms with Gasteiger partial charge >= 0.3 is 0 Å². The van der Waals surface area contributed by atoms with Crippen LogP contribution in [0, 0.1) is 12.3 Å². The third-order valence-corrected chi connectivity index (χ3v) is 1.99. The van der Waals surface area contributed by atoms with E-state index in [2.05, 4.69) is 23.2 Å². The zero-order chi connectivity index (χ0) is 7.40. The molecule has 1 N–H and O–H groups in total. The Balaban J connectivity index is 2.09. The SMILES string of the molecule is C#CCCN(C)C1CNC1. The molecule has 1 fully saturated rings. The van der Waals surface area contributed by atoms with Crippen molar-refractivity contribution in [2.24, 2.45) is 0 Å². The minimum absolute atomic E-state index is 0.730. The zero-order valence-electron chi connectivity index (χ0n) is 6.43. The van der Waals surface area contributed by atoms with E-state index in [-0.39, 0.29) is 0 Å². The van der Waals surface area contributed by atoms with Gasteiger partial charge in [-0.1, -0.05) is 0 Å². The number of rotatable bonds is 3. The average molecular weight is 138 g/mol. The molecule has 10 heavy (non-hydrogen) atoms. The van der Waals surface area contributed by atoms with Gasteiger partial charge in [0, 0.05) is 32.1 Å². The lowest BCUT2D eigenvalue weighted by atomic mass is 10.1. The van der Waals surface area contributed by atoms with Gasteiger partial charge in [0.1, 0.15) is 0 Å². The predicted molar refractivity (Wildman–Crippen MR) is 42.7 cm³/mol. The fourth-order valence-corrected chi connectivity index (χ4v) is 1.01. The minimum atomic E-state index is 0.730. The van der Waals surface area contributed by atoms with E-state index < -0.39 is 0 Å². The maximum Gasteiger partial charge on any atom is 0.0342 e. The van der Waals surface area contributed by atoms with Crippen molar-refractivity contribution in [3.8, 4) is 12.3 Å². The summed E-state index contributed by atoms with van der Waals surface area (Å²) in [6.45, 7) is 3.28. The predicted octanol–water partition coefficient (Wildman–Crippen LogP) is -0.0867. The van der Waals surface area contributed by atoms with Crippen molar-refractivity contribution in [2.45, 2.75) is 12.5 Å². The Bertz CT molecular complexity index is 133. The number of nitrogens with one attached hydrogen (secondary N) is 1. The second-order valence-electron chi connectivity index (χ2n) is 2.75. The maximum absolute atomic E-state index is 5.14. The number of terminal acetylenes is 1. The van der Waals surface area contributed by atoms with Gasteiger partial charge in [0.2, 0.25) is 0 Å². The first-order valence-electron chi connectivity index (χ1n) is 3.69. The first kappa shape index (κ1) is 7.59. The second-order valence-corrected chi connectivity index (χ2v) is 2.75. The summed E-state index contributed by atoms with van der Waals surface area (Å²) in [6, 6.07) is 0.730. The highest BCUT2D eigenvalue weighted by molar-refractivity contribution is 4.88. The van der Waals surface area contributed by atoms with Crippen LogP contribution in [0.3, 0.4) is 0 Å². The highest BCUT2D eigenvalue weighted by atomic mass is 15.2. The lowest BCUT2D eigenvalue weighted by Crippen LogP contribution is -2.55. The third-order valence-electron chi connectivity index (χ3n) is 1.99. The van der Waals surface area contributed by atoms with Crippen molar-refractivity contribution in [1.82, 2.24) is 10.2 Å². The molecule has 0 aromatic rings. The first-order valence-corrected chi connectivity index (χ1v) is 3.69. The summed E-state index contributed by atoms with van der Waals surface area (Å²) >= 11 is 0. The van der Waals surface area contributed by atoms with Crippen LogP contribution in [0.2, 0.25) is 0 Å². The van der Waals surface area contributed by atoms with Crippen LogP contribution in [-0.2, 0) is 0 Å². The normalized spacial score (nSPS) is 18.5. The van der Waals surface area contributed by atoms with Crippen LogP contribution in [0.15, 0.2) is 0 Å². The van der Waals surface area contributed by atoms with Crippen LogP contribution in [0.1, 0.15) is 6.42 Å². The molecule has 1 rings (SSSR count). The van der Waals surface area contributed by atoms with E-state index >= 15 is 0 Å². The van der Waals surface area contributed by atoms with Crippen LogP contribution in [0.4, 0.5) is 0 Å². The minimum Gasteiger partial charge on any atom is -0.314 e. The Hall–Kier alpha value is -0.520. The van der Waals surface area contributed by atoms with Crippen LogP contribution in [-0.4, -0.2) is 37.6 Å². The Morgan fingerprint density at radius 3 is 2.80 bits per heavy atom. The molecule has 0 amide bonds. The fraction of sp³-hybridized carbons (Fsp3) is 0.750. The highest BCUT2D eigenvalue weighted by Gasteiger charge is 2.20. The van der Waals surface area contributed by atoms with E-state index in [4.69, 9.17) is 6.42 Å². The molecule has 0 aromatic heterocycles. The van der Waals surface area contributed by atoms with Crippen molar-refractivity contribution in [2.75, 3.05) is 26.7 Å². The Labute approximate surface area is 62.6 Å². The molecular formula is C8H14N2. The molecule has 1 aliphatic rings. The lowest BCUT2D eigenvalue weighted by molar-refractivity contribution is 0.184. The Morgan fingerprint density at radius 1 is 1.70 bits per heavy atom. The summed E-state index contributed by atoms with van der Waals surface area (Å²) in [6.07, 6.45) is 6.01. The average Bonchev–Trinajstić information content (AvgIpc) is 1.79. The summed E-state index contributed by atoms with van der Waals surface area (Å²) in [7, 11) is 2.13. The molecule has 0 spiro atoms. The summed E-state index contributed by atoms with van der Waals surface area (Å²) < 4.78 is 0. The molecule has 0 bridgehead atoms. The van der Waals surface area contributed by atoms with E-state index in [1.807, 2.05) is 0 Å². The molecule has 1 heterocycles. The van der Waals surface area contributed by atoms with Crippen molar-refractivity contribution >= 4 is 0 Å². The molecule has 1 aliphatic heterocycles. The van der Waals surface area contributed by atoms with E-state index in [0.717, 1.165) is 32.1 Å². The van der Waals surface area contributed by atoms with Gasteiger partial charge in [0.25, 0.3) is 0 Å². The van der Waals surface area contributed by atoms with Gasteiger partial charge in [-0.25, -0.2) is 0 Å². The van der Waals surface area contributed by atoms with Gasteiger partial charge in [-0.2, -0.15) is 0 Å². The molecule has 0 aliphatic carbocycles. The second kappa shape index (κ2) is 3.60. The van der Waals surface area contributed by atoms with E-state index in [9.17, 15) is 0 Å². The van der Waals surface area contributed by atoms with Gasteiger partial charge in [-0.3, -0.25) is 4.90 Å². The van der Waals surface area contributed by atoms with Gasteiger partial charge in [-0.15, -0.1) is 12.3 Å². The smallest absolute Gasteiger partial charge is 0.0342 e. The summed E-state index contributed by atoms with van der Waals surface area (Å²) in [5, 5.41) is 3.23. The molecule has 1 saturated heterocycles. The van der Waals surface area contributed by atoms with Crippen LogP contribution in [0.25, 0.3) is 0 Å². The number of likely N-dealkylation sites (N-methyl/N-ethyl adjacent to an activating group) is 1. The zero-order valence-corrected chi connectivity index (χ0v) is 6.43. The van der Waals surface area contributed by atoms with Crippen LogP contribution in [0.5, 0.6) is 0 Å². The quantitative estimate of drug-likeness (QED) is 0.548. The molecule has 0 radical (unpaired) electrons. The molecular weight excluding hydrogens is 124 g/mol. The van der Waals surface area contributed by atoms with Crippen LogP contribution >= 0.6 is 0 Å². The lowest BCUT2D eigenvalue weighted by Gasteiger charge is -2.35. The van der Waals surface area contributed by atoms with Gasteiger partial charge < -0.3 is 5.32 Å². The summed E-state index contributed by atoms with van der Waals surface area (Å²) in [5.41, 5.74) is 0. The van der Waals surface area contributed by atoms with Crippen molar-refractivity contribution in [3.63, 3.8) is 0 Å². The number of hydrogen-bond acceptors (Lipinski definition) is 2. The highest BCUT2D eigenvalue weighted by Crippen LogP contribution is 2.01. The molecule has 0 aromatic carbocycles. The van der Waals surface area contributed by atoms with E-state index in [1.54, 1.807) is 0 Å².